The molecule has 2 saturated heterocycles. The number of rotatable bonds is 7. The standard InChI is InChI=1S/C25H42BN5O5/c1-16(2)19(30-22(33)34-23(3,4)5)20(32)31-12-10-11-18(31)15-29-21-27-13-17(14-28-21)26-35-24(6,7)25(8,9)36-26/h13-14,16,18-19H,10-12,15H2,1-9H3,(H,30,33)(H,27,28,29)/t18-,19-/m0/s1. The number of nitrogens with one attached hydrogen (secondary N) is 2. The van der Waals surface area contributed by atoms with Crippen molar-refractivity contribution in [2.45, 2.75) is 104 Å². The van der Waals surface area contributed by atoms with Gasteiger partial charge in [0.2, 0.25) is 11.9 Å². The zero-order valence-electron chi connectivity index (χ0n) is 23.2. The number of alkyl carbamates (subject to hydrolysis) is 1. The van der Waals surface area contributed by atoms with Gasteiger partial charge in [-0.2, -0.15) is 0 Å². The Morgan fingerprint density at radius 1 is 1.17 bits per heavy atom. The minimum absolute atomic E-state index is 0.0226. The van der Waals surface area contributed by atoms with Crippen LogP contribution >= 0.6 is 0 Å². The number of aromatic nitrogens is 2. The molecule has 0 aliphatic carbocycles. The summed E-state index contributed by atoms with van der Waals surface area (Å²) in [6, 6.07) is -0.679. The lowest BCUT2D eigenvalue weighted by atomic mass is 9.81. The molecule has 11 heteroatoms. The van der Waals surface area contributed by atoms with Crippen molar-refractivity contribution in [1.29, 1.82) is 0 Å². The molecule has 1 aromatic rings. The Bertz CT molecular complexity index is 916. The lowest BCUT2D eigenvalue weighted by Crippen LogP contribution is -2.54. The molecule has 0 saturated carbocycles. The first-order valence-electron chi connectivity index (χ1n) is 12.8. The lowest BCUT2D eigenvalue weighted by molar-refractivity contribution is -0.135. The maximum Gasteiger partial charge on any atom is 0.498 e. The SMILES string of the molecule is CC(C)[C@H](NC(=O)OC(C)(C)C)C(=O)N1CCC[C@H]1CNc1ncc(B2OC(C)(C)C(C)(C)O2)cn1. The van der Waals surface area contributed by atoms with Crippen LogP contribution in [-0.2, 0) is 18.8 Å². The van der Waals surface area contributed by atoms with Crippen molar-refractivity contribution >= 4 is 30.5 Å². The quantitative estimate of drug-likeness (QED) is 0.546. The van der Waals surface area contributed by atoms with Gasteiger partial charge in [0.05, 0.1) is 11.2 Å². The van der Waals surface area contributed by atoms with E-state index in [1.165, 1.54) is 0 Å². The van der Waals surface area contributed by atoms with Gasteiger partial charge < -0.3 is 29.6 Å². The van der Waals surface area contributed by atoms with E-state index < -0.39 is 36.1 Å². The van der Waals surface area contributed by atoms with E-state index in [2.05, 4.69) is 20.6 Å². The summed E-state index contributed by atoms with van der Waals surface area (Å²) < 4.78 is 17.5. The summed E-state index contributed by atoms with van der Waals surface area (Å²) in [5, 5.41) is 6.02. The molecule has 2 aliphatic heterocycles. The number of carbonyl (C=O) groups excluding carboxylic acids is 2. The number of carbonyl (C=O) groups is 2. The number of likely N-dealkylation sites (tertiary alicyclic amines) is 1. The van der Waals surface area contributed by atoms with Crippen molar-refractivity contribution in [2.24, 2.45) is 5.92 Å². The molecular formula is C25H42BN5O5. The Morgan fingerprint density at radius 3 is 2.28 bits per heavy atom. The first kappa shape index (κ1) is 28.2. The summed E-state index contributed by atoms with van der Waals surface area (Å²) in [6.07, 6.45) is 4.58. The molecular weight excluding hydrogens is 461 g/mol. The van der Waals surface area contributed by atoms with E-state index in [0.717, 1.165) is 18.3 Å². The van der Waals surface area contributed by atoms with Gasteiger partial charge in [0, 0.05) is 37.0 Å². The smallest absolute Gasteiger partial charge is 0.444 e. The van der Waals surface area contributed by atoms with Crippen LogP contribution in [0.15, 0.2) is 12.4 Å². The molecule has 36 heavy (non-hydrogen) atoms. The molecule has 0 unspecified atom stereocenters. The maximum absolute atomic E-state index is 13.4. The number of hydrogen-bond acceptors (Lipinski definition) is 8. The summed E-state index contributed by atoms with van der Waals surface area (Å²) in [4.78, 5) is 36.4. The molecule has 0 bridgehead atoms. The van der Waals surface area contributed by atoms with Crippen LogP contribution in [0.3, 0.4) is 0 Å². The normalized spacial score (nSPS) is 22.0. The van der Waals surface area contributed by atoms with E-state index in [1.54, 1.807) is 33.2 Å². The van der Waals surface area contributed by atoms with Crippen molar-refractivity contribution in [1.82, 2.24) is 20.2 Å². The molecule has 0 aromatic carbocycles. The second-order valence-electron chi connectivity index (χ2n) is 12.0. The molecule has 3 heterocycles. The summed E-state index contributed by atoms with van der Waals surface area (Å²) in [5.41, 5.74) is -0.740. The van der Waals surface area contributed by atoms with Crippen molar-refractivity contribution in [3.05, 3.63) is 12.4 Å². The van der Waals surface area contributed by atoms with Crippen molar-refractivity contribution in [2.75, 3.05) is 18.4 Å². The number of hydrogen-bond donors (Lipinski definition) is 2. The zero-order valence-corrected chi connectivity index (χ0v) is 23.2. The molecule has 2 atom stereocenters. The minimum atomic E-state index is -0.657. The van der Waals surface area contributed by atoms with Crippen LogP contribution in [-0.4, -0.2) is 76.0 Å². The van der Waals surface area contributed by atoms with Crippen molar-refractivity contribution in [3.63, 3.8) is 0 Å². The highest BCUT2D eigenvalue weighted by molar-refractivity contribution is 6.61. The molecule has 2 aliphatic rings. The molecule has 200 valence electrons. The monoisotopic (exact) mass is 503 g/mol. The Balaban J connectivity index is 1.58. The Hall–Kier alpha value is -2.40. The van der Waals surface area contributed by atoms with Crippen LogP contribution in [0.4, 0.5) is 10.7 Å². The van der Waals surface area contributed by atoms with Gasteiger partial charge in [0.15, 0.2) is 0 Å². The van der Waals surface area contributed by atoms with Gasteiger partial charge in [-0.3, -0.25) is 4.79 Å². The van der Waals surface area contributed by atoms with Crippen LogP contribution in [0.25, 0.3) is 0 Å². The average molecular weight is 503 g/mol. The molecule has 2 fully saturated rings. The summed E-state index contributed by atoms with van der Waals surface area (Å²) in [7, 11) is -0.516. The van der Waals surface area contributed by atoms with Gasteiger partial charge in [-0.25, -0.2) is 14.8 Å². The first-order valence-corrected chi connectivity index (χ1v) is 12.8. The molecule has 2 amide bonds. The van der Waals surface area contributed by atoms with Crippen LogP contribution in [0, 0.1) is 5.92 Å². The van der Waals surface area contributed by atoms with Crippen LogP contribution in [0.2, 0.25) is 0 Å². The highest BCUT2D eigenvalue weighted by Gasteiger charge is 2.52. The predicted octanol–water partition coefficient (Wildman–Crippen LogP) is 2.73. The maximum atomic E-state index is 13.4. The Morgan fingerprint density at radius 2 is 1.75 bits per heavy atom. The van der Waals surface area contributed by atoms with E-state index >= 15 is 0 Å². The Labute approximate surface area is 215 Å². The first-order chi connectivity index (χ1) is 16.6. The second-order valence-corrected chi connectivity index (χ2v) is 12.0. The summed E-state index contributed by atoms with van der Waals surface area (Å²) in [5.74, 6) is 0.295. The van der Waals surface area contributed by atoms with Crippen molar-refractivity contribution < 1.29 is 23.6 Å². The van der Waals surface area contributed by atoms with Gasteiger partial charge in [-0.1, -0.05) is 13.8 Å². The predicted molar refractivity (Wildman–Crippen MR) is 139 cm³/mol. The Kier molecular flexibility index (Phi) is 8.25. The second kappa shape index (κ2) is 10.5. The number of nitrogens with zero attached hydrogens (tertiary/aromatic N) is 3. The van der Waals surface area contributed by atoms with Gasteiger partial charge in [-0.15, -0.1) is 0 Å². The van der Waals surface area contributed by atoms with E-state index in [9.17, 15) is 9.59 Å². The third-order valence-electron chi connectivity index (χ3n) is 6.96. The van der Waals surface area contributed by atoms with Gasteiger partial charge >= 0.3 is 13.2 Å². The third kappa shape index (κ3) is 6.67. The van der Waals surface area contributed by atoms with Gasteiger partial charge in [-0.05, 0) is 67.2 Å². The average Bonchev–Trinajstić information content (AvgIpc) is 3.30. The van der Waals surface area contributed by atoms with E-state index in [0.29, 0.717) is 19.0 Å². The molecule has 2 N–H and O–H groups in total. The van der Waals surface area contributed by atoms with Crippen LogP contribution in [0.1, 0.15) is 75.2 Å². The highest BCUT2D eigenvalue weighted by atomic mass is 16.7. The molecule has 3 rings (SSSR count). The largest absolute Gasteiger partial charge is 0.498 e. The molecule has 10 nitrogen and oxygen atoms in total. The van der Waals surface area contributed by atoms with Gasteiger partial charge in [0.25, 0.3) is 0 Å². The van der Waals surface area contributed by atoms with E-state index in [1.807, 2.05) is 46.4 Å². The number of anilines is 1. The van der Waals surface area contributed by atoms with E-state index in [4.69, 9.17) is 14.0 Å². The fourth-order valence-electron chi connectivity index (χ4n) is 4.20. The summed E-state index contributed by atoms with van der Waals surface area (Å²) >= 11 is 0. The van der Waals surface area contributed by atoms with E-state index in [-0.39, 0.29) is 17.9 Å². The third-order valence-corrected chi connectivity index (χ3v) is 6.96. The summed E-state index contributed by atoms with van der Waals surface area (Å²) in [6.45, 7) is 18.4. The molecule has 0 spiro atoms. The topological polar surface area (TPSA) is 115 Å². The zero-order chi connectivity index (χ0) is 26.9. The van der Waals surface area contributed by atoms with Gasteiger partial charge in [0.1, 0.15) is 11.6 Å². The highest BCUT2D eigenvalue weighted by Crippen LogP contribution is 2.36. The lowest BCUT2D eigenvalue weighted by Gasteiger charge is -2.32. The van der Waals surface area contributed by atoms with Crippen LogP contribution < -0.4 is 16.1 Å². The molecule has 1 aromatic heterocycles. The minimum Gasteiger partial charge on any atom is -0.444 e. The fourth-order valence-corrected chi connectivity index (χ4v) is 4.20. The number of ether oxygens (including phenoxy) is 1. The van der Waals surface area contributed by atoms with Crippen molar-refractivity contribution in [3.8, 4) is 0 Å². The molecule has 0 radical (unpaired) electrons. The van der Waals surface area contributed by atoms with Crippen LogP contribution in [0.5, 0.6) is 0 Å². The fraction of sp³-hybridized carbons (Fsp3) is 0.760. The number of amides is 2.